The van der Waals surface area contributed by atoms with E-state index in [1.807, 2.05) is 30.3 Å². The van der Waals surface area contributed by atoms with E-state index in [9.17, 15) is 14.7 Å². The summed E-state index contributed by atoms with van der Waals surface area (Å²) in [7, 11) is 0. The molecular weight excluding hydrogens is 306 g/mol. The summed E-state index contributed by atoms with van der Waals surface area (Å²) < 4.78 is 1.69. The van der Waals surface area contributed by atoms with Crippen LogP contribution in [-0.2, 0) is 4.79 Å². The van der Waals surface area contributed by atoms with Crippen LogP contribution in [0.1, 0.15) is 34.6 Å². The number of hydrogen-bond acceptors (Lipinski definition) is 4. The molecule has 0 radical (unpaired) electrons. The van der Waals surface area contributed by atoms with Crippen LogP contribution in [0.4, 0.5) is 0 Å². The van der Waals surface area contributed by atoms with Gasteiger partial charge in [-0.15, -0.1) is 0 Å². The molecule has 0 atom stereocenters. The zero-order chi connectivity index (χ0) is 17.3. The average Bonchev–Trinajstić information content (AvgIpc) is 2.89. The monoisotopic (exact) mass is 327 g/mol. The third-order valence-electron chi connectivity index (χ3n) is 4.47. The second-order valence-corrected chi connectivity index (χ2v) is 6.15. The number of ketones is 1. The van der Waals surface area contributed by atoms with Gasteiger partial charge in [0.15, 0.2) is 0 Å². The SMILES string of the molecule is Cc1nn(-c2ccccc2)c(C)c1C(=O)C(=O)N1CCC(O)CC1. The number of Topliss-reactive ketones (excluding diaryl/α,β-unsaturated/α-hetero) is 1. The van der Waals surface area contributed by atoms with Gasteiger partial charge in [0, 0.05) is 13.1 Å². The Morgan fingerprint density at radius 3 is 2.38 bits per heavy atom. The number of carbonyl (C=O) groups excluding carboxylic acids is 2. The Morgan fingerprint density at radius 1 is 1.12 bits per heavy atom. The van der Waals surface area contributed by atoms with E-state index in [1.165, 1.54) is 4.90 Å². The summed E-state index contributed by atoms with van der Waals surface area (Å²) in [6.07, 6.45) is 0.647. The van der Waals surface area contributed by atoms with Crippen molar-refractivity contribution < 1.29 is 14.7 Å². The number of hydrogen-bond donors (Lipinski definition) is 1. The number of aliphatic hydroxyl groups excluding tert-OH is 1. The number of amides is 1. The van der Waals surface area contributed by atoms with Gasteiger partial charge in [0.25, 0.3) is 11.7 Å². The van der Waals surface area contributed by atoms with Crippen molar-refractivity contribution in [3.63, 3.8) is 0 Å². The number of aliphatic hydroxyl groups is 1. The molecule has 1 N–H and O–H groups in total. The average molecular weight is 327 g/mol. The van der Waals surface area contributed by atoms with Crippen molar-refractivity contribution >= 4 is 11.7 Å². The van der Waals surface area contributed by atoms with E-state index in [4.69, 9.17) is 0 Å². The Morgan fingerprint density at radius 2 is 1.75 bits per heavy atom. The number of piperidine rings is 1. The summed E-state index contributed by atoms with van der Waals surface area (Å²) in [5.41, 5.74) is 2.43. The minimum absolute atomic E-state index is 0.370. The molecular formula is C18H21N3O3. The van der Waals surface area contributed by atoms with Gasteiger partial charge in [-0.25, -0.2) is 4.68 Å². The summed E-state index contributed by atoms with van der Waals surface area (Å²) in [4.78, 5) is 26.7. The van der Waals surface area contributed by atoms with Crippen molar-refractivity contribution in [2.45, 2.75) is 32.8 Å². The first kappa shape index (κ1) is 16.4. The molecule has 126 valence electrons. The van der Waals surface area contributed by atoms with Gasteiger partial charge in [-0.3, -0.25) is 9.59 Å². The first-order valence-corrected chi connectivity index (χ1v) is 8.12. The molecule has 6 nitrogen and oxygen atoms in total. The topological polar surface area (TPSA) is 75.4 Å². The van der Waals surface area contributed by atoms with Crippen LogP contribution in [0.15, 0.2) is 30.3 Å². The first-order chi connectivity index (χ1) is 11.5. The highest BCUT2D eigenvalue weighted by atomic mass is 16.3. The smallest absolute Gasteiger partial charge is 0.295 e. The van der Waals surface area contributed by atoms with Crippen LogP contribution >= 0.6 is 0 Å². The number of aryl methyl sites for hydroxylation is 1. The molecule has 0 spiro atoms. The molecule has 1 aromatic carbocycles. The standard InChI is InChI=1S/C18H21N3O3/c1-12-16(13(2)21(19-12)14-6-4-3-5-7-14)17(23)18(24)20-10-8-15(22)9-11-20/h3-7,15,22H,8-11H2,1-2H3. The summed E-state index contributed by atoms with van der Waals surface area (Å²) >= 11 is 0. The number of carbonyl (C=O) groups is 2. The highest BCUT2D eigenvalue weighted by molar-refractivity contribution is 6.43. The van der Waals surface area contributed by atoms with Gasteiger partial charge >= 0.3 is 0 Å². The number of rotatable bonds is 3. The first-order valence-electron chi connectivity index (χ1n) is 8.12. The van der Waals surface area contributed by atoms with Gasteiger partial charge in [-0.1, -0.05) is 18.2 Å². The van der Waals surface area contributed by atoms with E-state index < -0.39 is 11.7 Å². The fourth-order valence-corrected chi connectivity index (χ4v) is 3.11. The highest BCUT2D eigenvalue weighted by Gasteiger charge is 2.30. The van der Waals surface area contributed by atoms with E-state index in [0.717, 1.165) is 5.69 Å². The number of likely N-dealkylation sites (tertiary alicyclic amines) is 1. The highest BCUT2D eigenvalue weighted by Crippen LogP contribution is 2.20. The lowest BCUT2D eigenvalue weighted by Crippen LogP contribution is -2.43. The molecule has 6 heteroatoms. The normalized spacial score (nSPS) is 15.5. The lowest BCUT2D eigenvalue weighted by molar-refractivity contribution is -0.128. The molecule has 0 unspecified atom stereocenters. The number of benzene rings is 1. The quantitative estimate of drug-likeness (QED) is 0.687. The van der Waals surface area contributed by atoms with E-state index in [0.29, 0.717) is 42.9 Å². The number of aromatic nitrogens is 2. The minimum Gasteiger partial charge on any atom is -0.393 e. The summed E-state index contributed by atoms with van der Waals surface area (Å²) in [5.74, 6) is -1.04. The molecule has 1 aliphatic rings. The van der Waals surface area contributed by atoms with Crippen LogP contribution in [0.2, 0.25) is 0 Å². The molecule has 0 saturated carbocycles. The molecule has 0 aliphatic carbocycles. The molecule has 0 bridgehead atoms. The molecule has 2 aromatic rings. The maximum atomic E-state index is 12.7. The van der Waals surface area contributed by atoms with Gasteiger partial charge in [0.2, 0.25) is 0 Å². The molecule has 1 fully saturated rings. The number of para-hydroxylation sites is 1. The summed E-state index contributed by atoms with van der Waals surface area (Å²) in [6.45, 7) is 4.37. The van der Waals surface area contributed by atoms with Crippen LogP contribution in [0, 0.1) is 13.8 Å². The van der Waals surface area contributed by atoms with Gasteiger partial charge in [0.05, 0.1) is 28.7 Å². The van der Waals surface area contributed by atoms with Gasteiger partial charge in [0.1, 0.15) is 0 Å². The van der Waals surface area contributed by atoms with E-state index in [-0.39, 0.29) is 6.10 Å². The maximum absolute atomic E-state index is 12.7. The Bertz CT molecular complexity index is 759. The molecule has 24 heavy (non-hydrogen) atoms. The Labute approximate surface area is 140 Å². The lowest BCUT2D eigenvalue weighted by Gasteiger charge is -2.29. The molecule has 1 saturated heterocycles. The lowest BCUT2D eigenvalue weighted by atomic mass is 10.0. The van der Waals surface area contributed by atoms with Crippen molar-refractivity contribution in [2.24, 2.45) is 0 Å². The molecule has 1 amide bonds. The fraction of sp³-hybridized carbons (Fsp3) is 0.389. The predicted molar refractivity (Wildman–Crippen MR) is 89.2 cm³/mol. The fourth-order valence-electron chi connectivity index (χ4n) is 3.11. The van der Waals surface area contributed by atoms with Crippen LogP contribution in [0.25, 0.3) is 5.69 Å². The van der Waals surface area contributed by atoms with Gasteiger partial charge < -0.3 is 10.0 Å². The van der Waals surface area contributed by atoms with Gasteiger partial charge in [-0.2, -0.15) is 5.10 Å². The zero-order valence-electron chi connectivity index (χ0n) is 13.9. The third-order valence-corrected chi connectivity index (χ3v) is 4.47. The second-order valence-electron chi connectivity index (χ2n) is 6.15. The third kappa shape index (κ3) is 2.97. The predicted octanol–water partition coefficient (Wildman–Crippen LogP) is 1.66. The maximum Gasteiger partial charge on any atom is 0.295 e. The van der Waals surface area contributed by atoms with E-state index in [2.05, 4.69) is 5.10 Å². The van der Waals surface area contributed by atoms with Gasteiger partial charge in [-0.05, 0) is 38.8 Å². The van der Waals surface area contributed by atoms with Crippen LogP contribution in [0.3, 0.4) is 0 Å². The summed E-state index contributed by atoms with van der Waals surface area (Å²) in [6, 6.07) is 9.52. The van der Waals surface area contributed by atoms with Crippen molar-refractivity contribution in [1.82, 2.24) is 14.7 Å². The molecule has 1 aromatic heterocycles. The molecule has 1 aliphatic heterocycles. The van der Waals surface area contributed by atoms with Crippen LogP contribution in [0.5, 0.6) is 0 Å². The zero-order valence-corrected chi connectivity index (χ0v) is 13.9. The second kappa shape index (κ2) is 6.57. The van der Waals surface area contributed by atoms with Crippen molar-refractivity contribution in [3.8, 4) is 5.69 Å². The van der Waals surface area contributed by atoms with Crippen LogP contribution < -0.4 is 0 Å². The van der Waals surface area contributed by atoms with E-state index >= 15 is 0 Å². The minimum atomic E-state index is -0.524. The Kier molecular flexibility index (Phi) is 4.49. The Hall–Kier alpha value is -2.47. The number of nitrogens with zero attached hydrogens (tertiary/aromatic N) is 3. The Balaban J connectivity index is 1.88. The van der Waals surface area contributed by atoms with Crippen molar-refractivity contribution in [2.75, 3.05) is 13.1 Å². The molecule has 2 heterocycles. The summed E-state index contributed by atoms with van der Waals surface area (Å²) in [5, 5.41) is 14.0. The largest absolute Gasteiger partial charge is 0.393 e. The van der Waals surface area contributed by atoms with Crippen LogP contribution in [-0.4, -0.2) is 50.7 Å². The van der Waals surface area contributed by atoms with E-state index in [1.54, 1.807) is 18.5 Å². The molecule has 3 rings (SSSR count). The van der Waals surface area contributed by atoms with Crippen molar-refractivity contribution in [3.05, 3.63) is 47.3 Å². The van der Waals surface area contributed by atoms with Crippen molar-refractivity contribution in [1.29, 1.82) is 0 Å².